The summed E-state index contributed by atoms with van der Waals surface area (Å²) in [5, 5.41) is 17.1. The second-order valence-corrected chi connectivity index (χ2v) is 7.15. The topological polar surface area (TPSA) is 62.4 Å². The summed E-state index contributed by atoms with van der Waals surface area (Å²) in [6.07, 6.45) is 0.752. The van der Waals surface area contributed by atoms with E-state index in [1.165, 1.54) is 0 Å². The van der Waals surface area contributed by atoms with Crippen LogP contribution in [-0.4, -0.2) is 39.8 Å². The Hall–Kier alpha value is -1.24. The first-order chi connectivity index (χ1) is 9.98. The molecule has 2 aromatic rings. The smallest absolute Gasteiger partial charge is 0.241 e. The molecule has 0 aliphatic heterocycles. The molecule has 0 unspecified atom stereocenters. The van der Waals surface area contributed by atoms with Crippen LogP contribution < -0.4 is 0 Å². The summed E-state index contributed by atoms with van der Waals surface area (Å²) in [6, 6.07) is 1.98. The van der Waals surface area contributed by atoms with Crippen molar-refractivity contribution in [3.63, 3.8) is 0 Å². The SMILES string of the molecule is CC(C)(C)CN(CCCO)Cc1nc(-c2ccsc2)no1. The van der Waals surface area contributed by atoms with Crippen LogP contribution in [0.5, 0.6) is 0 Å². The van der Waals surface area contributed by atoms with E-state index in [9.17, 15) is 0 Å². The van der Waals surface area contributed by atoms with Gasteiger partial charge in [0.25, 0.3) is 0 Å². The van der Waals surface area contributed by atoms with Crippen LogP contribution in [0.4, 0.5) is 0 Å². The van der Waals surface area contributed by atoms with E-state index in [2.05, 4.69) is 35.8 Å². The first kappa shape index (κ1) is 16.1. The number of aliphatic hydroxyl groups is 1. The van der Waals surface area contributed by atoms with Crippen LogP contribution in [0.2, 0.25) is 0 Å². The third-order valence-corrected chi connectivity index (χ3v) is 3.62. The van der Waals surface area contributed by atoms with Crippen LogP contribution in [0.3, 0.4) is 0 Å². The quantitative estimate of drug-likeness (QED) is 0.852. The number of hydrogen-bond acceptors (Lipinski definition) is 6. The van der Waals surface area contributed by atoms with Crippen LogP contribution in [0.1, 0.15) is 33.1 Å². The van der Waals surface area contributed by atoms with Gasteiger partial charge >= 0.3 is 0 Å². The summed E-state index contributed by atoms with van der Waals surface area (Å²) >= 11 is 1.62. The number of aromatic nitrogens is 2. The molecule has 0 spiro atoms. The Bertz CT molecular complexity index is 531. The summed E-state index contributed by atoms with van der Waals surface area (Å²) in [4.78, 5) is 6.71. The van der Waals surface area contributed by atoms with Gasteiger partial charge in [-0.15, -0.1) is 0 Å². The van der Waals surface area contributed by atoms with Crippen molar-refractivity contribution in [3.05, 3.63) is 22.7 Å². The maximum atomic E-state index is 9.03. The first-order valence-corrected chi connectivity index (χ1v) is 8.10. The highest BCUT2D eigenvalue weighted by molar-refractivity contribution is 7.08. The molecule has 0 atom stereocenters. The van der Waals surface area contributed by atoms with Gasteiger partial charge in [-0.05, 0) is 23.3 Å². The molecule has 5 nitrogen and oxygen atoms in total. The molecule has 0 amide bonds. The lowest BCUT2D eigenvalue weighted by atomic mass is 9.96. The van der Waals surface area contributed by atoms with Gasteiger partial charge in [-0.3, -0.25) is 4.90 Å². The van der Waals surface area contributed by atoms with Crippen molar-refractivity contribution in [2.24, 2.45) is 5.41 Å². The number of hydrogen-bond donors (Lipinski definition) is 1. The lowest BCUT2D eigenvalue weighted by Crippen LogP contribution is -2.33. The van der Waals surface area contributed by atoms with Gasteiger partial charge in [0.1, 0.15) is 0 Å². The first-order valence-electron chi connectivity index (χ1n) is 7.16. The molecule has 0 saturated heterocycles. The zero-order chi connectivity index (χ0) is 15.3. The molecule has 116 valence electrons. The third kappa shape index (κ3) is 5.22. The Kier molecular flexibility index (Phi) is 5.50. The van der Waals surface area contributed by atoms with E-state index in [4.69, 9.17) is 9.63 Å². The third-order valence-electron chi connectivity index (χ3n) is 2.94. The van der Waals surface area contributed by atoms with Crippen LogP contribution in [0.25, 0.3) is 11.4 Å². The highest BCUT2D eigenvalue weighted by Gasteiger charge is 2.19. The average molecular weight is 309 g/mol. The predicted octanol–water partition coefficient (Wildman–Crippen LogP) is 3.03. The molecule has 0 aliphatic carbocycles. The lowest BCUT2D eigenvalue weighted by molar-refractivity contribution is 0.150. The Morgan fingerprint density at radius 2 is 2.19 bits per heavy atom. The zero-order valence-corrected chi connectivity index (χ0v) is 13.7. The Morgan fingerprint density at radius 1 is 1.38 bits per heavy atom. The Morgan fingerprint density at radius 3 is 2.81 bits per heavy atom. The summed E-state index contributed by atoms with van der Waals surface area (Å²) < 4.78 is 5.35. The Balaban J connectivity index is 2.02. The van der Waals surface area contributed by atoms with Gasteiger partial charge < -0.3 is 9.63 Å². The minimum absolute atomic E-state index is 0.186. The molecular weight excluding hydrogens is 286 g/mol. The van der Waals surface area contributed by atoms with Gasteiger partial charge in [0.2, 0.25) is 11.7 Å². The van der Waals surface area contributed by atoms with Crippen LogP contribution in [0, 0.1) is 5.41 Å². The summed E-state index contributed by atoms with van der Waals surface area (Å²) in [5.74, 6) is 1.27. The van der Waals surface area contributed by atoms with Gasteiger partial charge in [-0.1, -0.05) is 25.9 Å². The fourth-order valence-corrected chi connectivity index (χ4v) is 2.83. The van der Waals surface area contributed by atoms with E-state index in [1.54, 1.807) is 11.3 Å². The van der Waals surface area contributed by atoms with Crippen molar-refractivity contribution in [2.75, 3.05) is 19.7 Å². The maximum absolute atomic E-state index is 9.03. The second-order valence-electron chi connectivity index (χ2n) is 6.37. The van der Waals surface area contributed by atoms with Gasteiger partial charge in [-0.2, -0.15) is 16.3 Å². The van der Waals surface area contributed by atoms with E-state index >= 15 is 0 Å². The summed E-state index contributed by atoms with van der Waals surface area (Å²) in [7, 11) is 0. The molecule has 2 heterocycles. The number of thiophene rings is 1. The minimum Gasteiger partial charge on any atom is -0.396 e. The molecule has 1 N–H and O–H groups in total. The molecule has 0 radical (unpaired) electrons. The highest BCUT2D eigenvalue weighted by Crippen LogP contribution is 2.20. The number of aliphatic hydroxyl groups excluding tert-OH is 1. The maximum Gasteiger partial charge on any atom is 0.241 e. The highest BCUT2D eigenvalue weighted by atomic mass is 32.1. The monoisotopic (exact) mass is 309 g/mol. The summed E-state index contributed by atoms with van der Waals surface area (Å²) in [5.41, 5.74) is 1.18. The van der Waals surface area contributed by atoms with Crippen molar-refractivity contribution >= 4 is 11.3 Å². The molecule has 0 aliphatic rings. The Labute approximate surface area is 129 Å². The van der Waals surface area contributed by atoms with E-state index in [0.717, 1.165) is 25.1 Å². The number of nitrogens with zero attached hydrogens (tertiary/aromatic N) is 3. The molecular formula is C15H23N3O2S. The van der Waals surface area contributed by atoms with Crippen LogP contribution >= 0.6 is 11.3 Å². The molecule has 21 heavy (non-hydrogen) atoms. The van der Waals surface area contributed by atoms with Gasteiger partial charge in [0.15, 0.2) is 0 Å². The standard InChI is InChI=1S/C15H23N3O2S/c1-15(2,3)11-18(6-4-7-19)9-13-16-14(17-20-13)12-5-8-21-10-12/h5,8,10,19H,4,6-7,9,11H2,1-3H3. The van der Waals surface area contributed by atoms with Crippen molar-refractivity contribution in [1.29, 1.82) is 0 Å². The largest absolute Gasteiger partial charge is 0.396 e. The fraction of sp³-hybridized carbons (Fsp3) is 0.600. The van der Waals surface area contributed by atoms with Crippen molar-refractivity contribution in [3.8, 4) is 11.4 Å². The number of rotatable bonds is 7. The zero-order valence-electron chi connectivity index (χ0n) is 12.9. The van der Waals surface area contributed by atoms with Crippen molar-refractivity contribution in [2.45, 2.75) is 33.7 Å². The molecule has 2 rings (SSSR count). The molecule has 0 bridgehead atoms. The summed E-state index contributed by atoms with van der Waals surface area (Å²) in [6.45, 7) is 9.16. The van der Waals surface area contributed by atoms with E-state index in [-0.39, 0.29) is 12.0 Å². The molecule has 6 heteroatoms. The molecule has 0 fully saturated rings. The van der Waals surface area contributed by atoms with Crippen LogP contribution in [0.15, 0.2) is 21.3 Å². The predicted molar refractivity (Wildman–Crippen MR) is 84.0 cm³/mol. The average Bonchev–Trinajstić information content (AvgIpc) is 3.04. The molecule has 2 aromatic heterocycles. The van der Waals surface area contributed by atoms with Gasteiger partial charge in [0, 0.05) is 30.6 Å². The van der Waals surface area contributed by atoms with Crippen molar-refractivity contribution in [1.82, 2.24) is 15.0 Å². The van der Waals surface area contributed by atoms with E-state index in [0.29, 0.717) is 18.3 Å². The lowest BCUT2D eigenvalue weighted by Gasteiger charge is -2.28. The van der Waals surface area contributed by atoms with E-state index < -0.39 is 0 Å². The molecule has 0 aromatic carbocycles. The molecule has 0 saturated carbocycles. The van der Waals surface area contributed by atoms with E-state index in [1.807, 2.05) is 16.8 Å². The van der Waals surface area contributed by atoms with Crippen LogP contribution in [-0.2, 0) is 6.54 Å². The van der Waals surface area contributed by atoms with Gasteiger partial charge in [-0.25, -0.2) is 0 Å². The minimum atomic E-state index is 0.186. The fourth-order valence-electron chi connectivity index (χ4n) is 2.20. The van der Waals surface area contributed by atoms with Gasteiger partial charge in [0.05, 0.1) is 6.54 Å². The van der Waals surface area contributed by atoms with Crippen molar-refractivity contribution < 1.29 is 9.63 Å². The normalized spacial score (nSPS) is 12.2. The second kappa shape index (κ2) is 7.15.